The van der Waals surface area contributed by atoms with Gasteiger partial charge >= 0.3 is 0 Å². The van der Waals surface area contributed by atoms with Gasteiger partial charge in [0, 0.05) is 6.54 Å². The number of nitrogens with one attached hydrogen (secondary N) is 1. The lowest BCUT2D eigenvalue weighted by Gasteiger charge is -2.25. The van der Waals surface area contributed by atoms with Gasteiger partial charge in [0.1, 0.15) is 12.2 Å². The van der Waals surface area contributed by atoms with E-state index in [2.05, 4.69) is 36.2 Å². The third-order valence-corrected chi connectivity index (χ3v) is 4.61. The quantitative estimate of drug-likeness (QED) is 0.678. The second-order valence-corrected chi connectivity index (χ2v) is 7.27. The van der Waals surface area contributed by atoms with Crippen LogP contribution < -0.4 is 5.32 Å². The third-order valence-electron chi connectivity index (χ3n) is 4.61. The summed E-state index contributed by atoms with van der Waals surface area (Å²) >= 11 is 0. The first kappa shape index (κ1) is 19.8. The molecular formula is C23H29NO3. The summed E-state index contributed by atoms with van der Waals surface area (Å²) in [7, 11) is 0. The highest BCUT2D eigenvalue weighted by Crippen LogP contribution is 2.30. The van der Waals surface area contributed by atoms with E-state index < -0.39 is 5.79 Å². The Kier molecular flexibility index (Phi) is 6.80. The van der Waals surface area contributed by atoms with Crippen molar-refractivity contribution in [2.24, 2.45) is 0 Å². The molecule has 3 rings (SSSR count). The van der Waals surface area contributed by atoms with Gasteiger partial charge in [-0.15, -0.1) is 6.58 Å². The summed E-state index contributed by atoms with van der Waals surface area (Å²) in [6.45, 7) is 9.64. The van der Waals surface area contributed by atoms with E-state index in [-0.39, 0.29) is 18.2 Å². The minimum absolute atomic E-state index is 0.0303. The number of ether oxygens (including phenoxy) is 3. The van der Waals surface area contributed by atoms with E-state index in [9.17, 15) is 0 Å². The second-order valence-electron chi connectivity index (χ2n) is 7.27. The molecule has 4 nitrogen and oxygen atoms in total. The van der Waals surface area contributed by atoms with Gasteiger partial charge in [0.25, 0.3) is 0 Å². The van der Waals surface area contributed by atoms with Gasteiger partial charge in [-0.1, -0.05) is 66.7 Å². The highest BCUT2D eigenvalue weighted by atomic mass is 16.8. The van der Waals surface area contributed by atoms with Crippen molar-refractivity contribution in [2.45, 2.75) is 51.0 Å². The fraction of sp³-hybridized carbons (Fsp3) is 0.391. The van der Waals surface area contributed by atoms with Crippen molar-refractivity contribution in [1.82, 2.24) is 5.32 Å². The Morgan fingerprint density at radius 2 is 1.67 bits per heavy atom. The van der Waals surface area contributed by atoms with Crippen LogP contribution in [-0.2, 0) is 27.4 Å². The van der Waals surface area contributed by atoms with E-state index in [0.717, 1.165) is 12.1 Å². The van der Waals surface area contributed by atoms with E-state index in [1.807, 2.05) is 56.3 Å². The molecule has 1 saturated heterocycles. The first-order chi connectivity index (χ1) is 13.1. The van der Waals surface area contributed by atoms with Gasteiger partial charge in [-0.05, 0) is 25.0 Å². The van der Waals surface area contributed by atoms with Crippen LogP contribution in [0.4, 0.5) is 0 Å². The van der Waals surface area contributed by atoms with E-state index >= 15 is 0 Å². The van der Waals surface area contributed by atoms with Crippen molar-refractivity contribution in [2.75, 3.05) is 6.61 Å². The Morgan fingerprint density at radius 1 is 1.04 bits per heavy atom. The Labute approximate surface area is 162 Å². The first-order valence-electron chi connectivity index (χ1n) is 9.44. The minimum Gasteiger partial charge on any atom is -0.374 e. The van der Waals surface area contributed by atoms with Crippen molar-refractivity contribution in [3.8, 4) is 0 Å². The lowest BCUT2D eigenvalue weighted by atomic mass is 10.1. The lowest BCUT2D eigenvalue weighted by Crippen LogP contribution is -2.45. The van der Waals surface area contributed by atoms with E-state index in [1.165, 1.54) is 5.56 Å². The van der Waals surface area contributed by atoms with E-state index in [0.29, 0.717) is 13.2 Å². The van der Waals surface area contributed by atoms with Gasteiger partial charge in [0.05, 0.1) is 19.3 Å². The van der Waals surface area contributed by atoms with Crippen LogP contribution >= 0.6 is 0 Å². The molecule has 1 aliphatic rings. The van der Waals surface area contributed by atoms with Gasteiger partial charge < -0.3 is 19.5 Å². The van der Waals surface area contributed by atoms with Gasteiger partial charge in [-0.25, -0.2) is 0 Å². The topological polar surface area (TPSA) is 39.7 Å². The normalized spacial score (nSPS) is 22.4. The number of hydrogen-bond donors (Lipinski definition) is 1. The predicted octanol–water partition coefficient (Wildman–Crippen LogP) is 4.07. The molecule has 0 aliphatic carbocycles. The molecule has 144 valence electrons. The van der Waals surface area contributed by atoms with Gasteiger partial charge in [-0.3, -0.25) is 0 Å². The maximum Gasteiger partial charge on any atom is 0.163 e. The second kappa shape index (κ2) is 9.29. The van der Waals surface area contributed by atoms with Crippen LogP contribution in [0.1, 0.15) is 25.0 Å². The molecule has 0 unspecified atom stereocenters. The van der Waals surface area contributed by atoms with Crippen molar-refractivity contribution < 1.29 is 14.2 Å². The molecule has 1 fully saturated rings. The van der Waals surface area contributed by atoms with Gasteiger partial charge in [0.2, 0.25) is 0 Å². The van der Waals surface area contributed by atoms with Crippen LogP contribution in [0, 0.1) is 0 Å². The Balaban J connectivity index is 1.58. The number of rotatable bonds is 9. The van der Waals surface area contributed by atoms with Crippen molar-refractivity contribution >= 4 is 0 Å². The molecule has 0 radical (unpaired) electrons. The molecule has 2 aromatic carbocycles. The van der Waals surface area contributed by atoms with Gasteiger partial charge in [0.15, 0.2) is 5.79 Å². The van der Waals surface area contributed by atoms with E-state index in [1.54, 1.807) is 0 Å². The zero-order valence-corrected chi connectivity index (χ0v) is 16.1. The molecule has 0 saturated carbocycles. The Bertz CT molecular complexity index is 702. The van der Waals surface area contributed by atoms with Crippen molar-refractivity contribution in [1.29, 1.82) is 0 Å². The zero-order chi connectivity index (χ0) is 19.1. The van der Waals surface area contributed by atoms with Crippen LogP contribution in [0.15, 0.2) is 73.3 Å². The number of benzene rings is 2. The highest BCUT2D eigenvalue weighted by Gasteiger charge is 2.44. The standard InChI is InChI=1S/C23H29NO3/c1-4-20(24-15-18-11-7-5-8-12-18)22-21(26-23(2,3)27-22)17-25-16-19-13-9-6-10-14-19/h4-14,20-22,24H,1,15-17H2,2-3H3/t20-,21-,22-/m0/s1. The summed E-state index contributed by atoms with van der Waals surface area (Å²) in [6, 6.07) is 20.4. The molecule has 0 spiro atoms. The predicted molar refractivity (Wildman–Crippen MR) is 107 cm³/mol. The largest absolute Gasteiger partial charge is 0.374 e. The average Bonchev–Trinajstić information content (AvgIpc) is 2.98. The average molecular weight is 367 g/mol. The summed E-state index contributed by atoms with van der Waals surface area (Å²) in [6.07, 6.45) is 1.58. The molecule has 3 atom stereocenters. The molecule has 1 heterocycles. The lowest BCUT2D eigenvalue weighted by molar-refractivity contribution is -0.152. The van der Waals surface area contributed by atoms with Gasteiger partial charge in [-0.2, -0.15) is 0 Å². The SMILES string of the molecule is C=C[C@H](NCc1ccccc1)[C@@H]1OC(C)(C)O[C@H]1COCc1ccccc1. The van der Waals surface area contributed by atoms with Crippen molar-refractivity contribution in [3.05, 3.63) is 84.4 Å². The summed E-state index contributed by atoms with van der Waals surface area (Å²) < 4.78 is 18.2. The molecule has 0 aromatic heterocycles. The Morgan fingerprint density at radius 3 is 2.30 bits per heavy atom. The summed E-state index contributed by atoms with van der Waals surface area (Å²) in [5.41, 5.74) is 2.37. The zero-order valence-electron chi connectivity index (χ0n) is 16.1. The highest BCUT2D eigenvalue weighted by molar-refractivity contribution is 5.15. The summed E-state index contributed by atoms with van der Waals surface area (Å²) in [5, 5.41) is 3.52. The fourth-order valence-electron chi connectivity index (χ4n) is 3.33. The molecule has 0 amide bonds. The molecule has 4 heteroatoms. The maximum atomic E-state index is 6.17. The molecule has 27 heavy (non-hydrogen) atoms. The summed E-state index contributed by atoms with van der Waals surface area (Å²) in [4.78, 5) is 0. The van der Waals surface area contributed by atoms with Crippen LogP contribution in [-0.4, -0.2) is 30.6 Å². The van der Waals surface area contributed by atoms with Crippen LogP contribution in [0.25, 0.3) is 0 Å². The summed E-state index contributed by atoms with van der Waals surface area (Å²) in [5.74, 6) is -0.638. The maximum absolute atomic E-state index is 6.17. The molecule has 1 aliphatic heterocycles. The minimum atomic E-state index is -0.638. The van der Waals surface area contributed by atoms with E-state index in [4.69, 9.17) is 14.2 Å². The monoisotopic (exact) mass is 367 g/mol. The first-order valence-corrected chi connectivity index (χ1v) is 9.44. The third kappa shape index (κ3) is 5.75. The smallest absolute Gasteiger partial charge is 0.163 e. The van der Waals surface area contributed by atoms with Crippen LogP contribution in [0.3, 0.4) is 0 Å². The van der Waals surface area contributed by atoms with Crippen molar-refractivity contribution in [3.63, 3.8) is 0 Å². The van der Waals surface area contributed by atoms with Crippen LogP contribution in [0.2, 0.25) is 0 Å². The Hall–Kier alpha value is -1.98. The molecule has 1 N–H and O–H groups in total. The molecule has 2 aromatic rings. The number of hydrogen-bond acceptors (Lipinski definition) is 4. The van der Waals surface area contributed by atoms with Crippen LogP contribution in [0.5, 0.6) is 0 Å². The molecular weight excluding hydrogens is 338 g/mol. The molecule has 0 bridgehead atoms. The fourth-order valence-corrected chi connectivity index (χ4v) is 3.33.